The van der Waals surface area contributed by atoms with Crippen LogP contribution in [0.3, 0.4) is 0 Å². The van der Waals surface area contributed by atoms with Gasteiger partial charge in [-0.2, -0.15) is 0 Å². The SMILES string of the molecule is CCNC(=O)c1cc2cccc(OC)c2oc1=N. The predicted octanol–water partition coefficient (Wildman–Crippen LogP) is 1.67. The molecule has 1 amide bonds. The molecule has 0 unspecified atom stereocenters. The summed E-state index contributed by atoms with van der Waals surface area (Å²) in [6.07, 6.45) is 0. The lowest BCUT2D eigenvalue weighted by molar-refractivity contribution is 0.0951. The fourth-order valence-electron chi connectivity index (χ4n) is 1.72. The third kappa shape index (κ3) is 2.07. The molecule has 0 aliphatic heterocycles. The van der Waals surface area contributed by atoms with Crippen molar-refractivity contribution in [3.05, 3.63) is 35.4 Å². The van der Waals surface area contributed by atoms with Crippen molar-refractivity contribution in [3.63, 3.8) is 0 Å². The van der Waals surface area contributed by atoms with Gasteiger partial charge >= 0.3 is 0 Å². The Kier molecular flexibility index (Phi) is 3.32. The standard InChI is InChI=1S/C13H14N2O3/c1-3-15-13(16)9-7-8-5-4-6-10(17-2)11(8)18-12(9)14/h4-7,14H,3H2,1-2H3,(H,15,16). The van der Waals surface area contributed by atoms with Gasteiger partial charge in [-0.25, -0.2) is 0 Å². The van der Waals surface area contributed by atoms with Crippen molar-refractivity contribution in [2.75, 3.05) is 13.7 Å². The van der Waals surface area contributed by atoms with Crippen LogP contribution in [-0.2, 0) is 0 Å². The highest BCUT2D eigenvalue weighted by Crippen LogP contribution is 2.24. The maximum Gasteiger partial charge on any atom is 0.256 e. The van der Waals surface area contributed by atoms with Gasteiger partial charge in [-0.3, -0.25) is 10.2 Å². The third-order valence-corrected chi connectivity index (χ3v) is 2.56. The number of carbonyl (C=O) groups excluding carboxylic acids is 1. The van der Waals surface area contributed by atoms with Crippen LogP contribution in [0.2, 0.25) is 0 Å². The van der Waals surface area contributed by atoms with E-state index in [2.05, 4.69) is 5.32 Å². The minimum atomic E-state index is -0.309. The largest absolute Gasteiger partial charge is 0.493 e. The number of benzene rings is 1. The quantitative estimate of drug-likeness (QED) is 0.865. The Labute approximate surface area is 104 Å². The zero-order chi connectivity index (χ0) is 13.1. The third-order valence-electron chi connectivity index (χ3n) is 2.56. The number of rotatable bonds is 3. The molecule has 0 aliphatic carbocycles. The molecular formula is C13H14N2O3. The molecule has 2 rings (SSSR count). The molecule has 0 fully saturated rings. The van der Waals surface area contributed by atoms with Crippen molar-refractivity contribution in [2.24, 2.45) is 0 Å². The number of hydrogen-bond acceptors (Lipinski definition) is 4. The van der Waals surface area contributed by atoms with Gasteiger partial charge in [0.1, 0.15) is 5.56 Å². The first-order chi connectivity index (χ1) is 8.67. The first kappa shape index (κ1) is 12.2. The Hall–Kier alpha value is -2.30. The van der Waals surface area contributed by atoms with Crippen molar-refractivity contribution in [1.29, 1.82) is 5.41 Å². The minimum Gasteiger partial charge on any atom is -0.493 e. The van der Waals surface area contributed by atoms with Gasteiger partial charge in [0.25, 0.3) is 5.91 Å². The lowest BCUT2D eigenvalue weighted by atomic mass is 10.1. The summed E-state index contributed by atoms with van der Waals surface area (Å²) in [7, 11) is 1.53. The molecule has 0 spiro atoms. The molecule has 0 atom stereocenters. The average molecular weight is 246 g/mol. The predicted molar refractivity (Wildman–Crippen MR) is 66.6 cm³/mol. The molecule has 94 valence electrons. The minimum absolute atomic E-state index is 0.169. The highest BCUT2D eigenvalue weighted by Gasteiger charge is 2.12. The first-order valence-corrected chi connectivity index (χ1v) is 5.61. The smallest absolute Gasteiger partial charge is 0.256 e. The second-order valence-corrected chi connectivity index (χ2v) is 3.73. The van der Waals surface area contributed by atoms with Gasteiger partial charge in [-0.05, 0) is 19.1 Å². The Morgan fingerprint density at radius 1 is 1.50 bits per heavy atom. The van der Waals surface area contributed by atoms with Crippen LogP contribution in [0.4, 0.5) is 0 Å². The van der Waals surface area contributed by atoms with Crippen molar-refractivity contribution >= 4 is 16.9 Å². The molecular weight excluding hydrogens is 232 g/mol. The molecule has 0 saturated heterocycles. The number of carbonyl (C=O) groups is 1. The Morgan fingerprint density at radius 2 is 2.28 bits per heavy atom. The number of para-hydroxylation sites is 1. The van der Waals surface area contributed by atoms with E-state index in [-0.39, 0.29) is 17.0 Å². The number of ether oxygens (including phenoxy) is 1. The van der Waals surface area contributed by atoms with E-state index < -0.39 is 0 Å². The first-order valence-electron chi connectivity index (χ1n) is 5.61. The summed E-state index contributed by atoms with van der Waals surface area (Å²) in [5.74, 6) is 0.236. The van der Waals surface area contributed by atoms with E-state index in [1.807, 2.05) is 19.1 Å². The maximum absolute atomic E-state index is 11.7. The number of fused-ring (bicyclic) bond motifs is 1. The second-order valence-electron chi connectivity index (χ2n) is 3.73. The summed E-state index contributed by atoms with van der Waals surface area (Å²) >= 11 is 0. The number of amides is 1. The summed E-state index contributed by atoms with van der Waals surface area (Å²) in [6.45, 7) is 2.33. The van der Waals surface area contributed by atoms with Crippen LogP contribution in [0.25, 0.3) is 11.0 Å². The van der Waals surface area contributed by atoms with E-state index in [0.717, 1.165) is 5.39 Å². The van der Waals surface area contributed by atoms with Gasteiger partial charge in [0.15, 0.2) is 11.3 Å². The van der Waals surface area contributed by atoms with Gasteiger partial charge in [-0.15, -0.1) is 0 Å². The average Bonchev–Trinajstić information content (AvgIpc) is 2.37. The van der Waals surface area contributed by atoms with Crippen LogP contribution in [-0.4, -0.2) is 19.6 Å². The van der Waals surface area contributed by atoms with Crippen LogP contribution in [0.1, 0.15) is 17.3 Å². The van der Waals surface area contributed by atoms with Gasteiger partial charge in [0.2, 0.25) is 5.55 Å². The van der Waals surface area contributed by atoms with Crippen molar-refractivity contribution in [1.82, 2.24) is 5.32 Å². The monoisotopic (exact) mass is 246 g/mol. The number of nitrogens with one attached hydrogen (secondary N) is 2. The van der Waals surface area contributed by atoms with E-state index in [1.54, 1.807) is 12.1 Å². The summed E-state index contributed by atoms with van der Waals surface area (Å²) in [6, 6.07) is 7.00. The molecule has 1 aromatic carbocycles. The van der Waals surface area contributed by atoms with Crippen molar-refractivity contribution in [2.45, 2.75) is 6.92 Å². The van der Waals surface area contributed by atoms with Crippen LogP contribution in [0.5, 0.6) is 5.75 Å². The lowest BCUT2D eigenvalue weighted by Crippen LogP contribution is -2.27. The highest BCUT2D eigenvalue weighted by molar-refractivity contribution is 5.97. The summed E-state index contributed by atoms with van der Waals surface area (Å²) < 4.78 is 10.5. The molecule has 18 heavy (non-hydrogen) atoms. The maximum atomic E-state index is 11.7. The van der Waals surface area contributed by atoms with Gasteiger partial charge in [-0.1, -0.05) is 12.1 Å². The van der Waals surface area contributed by atoms with Crippen molar-refractivity contribution in [3.8, 4) is 5.75 Å². The molecule has 0 radical (unpaired) electrons. The molecule has 2 N–H and O–H groups in total. The zero-order valence-electron chi connectivity index (χ0n) is 10.2. The van der Waals surface area contributed by atoms with E-state index in [1.165, 1.54) is 7.11 Å². The molecule has 0 aliphatic rings. The van der Waals surface area contributed by atoms with Gasteiger partial charge in [0.05, 0.1) is 7.11 Å². The normalized spacial score (nSPS) is 10.3. The van der Waals surface area contributed by atoms with Crippen LogP contribution < -0.4 is 15.6 Å². The van der Waals surface area contributed by atoms with Crippen molar-refractivity contribution < 1.29 is 13.9 Å². The molecule has 0 saturated carbocycles. The number of methoxy groups -OCH3 is 1. The van der Waals surface area contributed by atoms with Crippen LogP contribution in [0, 0.1) is 5.41 Å². The fraction of sp³-hybridized carbons (Fsp3) is 0.231. The molecule has 5 nitrogen and oxygen atoms in total. The van der Waals surface area contributed by atoms with Gasteiger partial charge in [0, 0.05) is 11.9 Å². The highest BCUT2D eigenvalue weighted by atomic mass is 16.5. The van der Waals surface area contributed by atoms with E-state index in [0.29, 0.717) is 17.9 Å². The molecule has 1 heterocycles. The zero-order valence-corrected chi connectivity index (χ0v) is 10.2. The van der Waals surface area contributed by atoms with E-state index >= 15 is 0 Å². The lowest BCUT2D eigenvalue weighted by Gasteiger charge is -2.06. The Morgan fingerprint density at radius 3 is 2.94 bits per heavy atom. The summed E-state index contributed by atoms with van der Waals surface area (Å²) in [5, 5.41) is 11.1. The summed E-state index contributed by atoms with van der Waals surface area (Å²) in [5.41, 5.74) is 0.522. The molecule has 0 bridgehead atoms. The molecule has 1 aromatic heterocycles. The Balaban J connectivity index is 2.63. The van der Waals surface area contributed by atoms with E-state index in [4.69, 9.17) is 14.6 Å². The number of hydrogen-bond donors (Lipinski definition) is 2. The topological polar surface area (TPSA) is 75.3 Å². The van der Waals surface area contributed by atoms with Gasteiger partial charge < -0.3 is 14.5 Å². The molecule has 5 heteroatoms. The summed E-state index contributed by atoms with van der Waals surface area (Å²) in [4.78, 5) is 11.7. The Bertz CT molecular complexity index is 646. The second kappa shape index (κ2) is 4.91. The molecule has 2 aromatic rings. The van der Waals surface area contributed by atoms with E-state index in [9.17, 15) is 4.79 Å². The van der Waals surface area contributed by atoms with Crippen LogP contribution >= 0.6 is 0 Å². The van der Waals surface area contributed by atoms with Crippen LogP contribution in [0.15, 0.2) is 28.7 Å². The fourth-order valence-corrected chi connectivity index (χ4v) is 1.72.